The first-order valence-electron chi connectivity index (χ1n) is 5.33. The van der Waals surface area contributed by atoms with Crippen molar-refractivity contribution in [1.29, 1.82) is 0 Å². The van der Waals surface area contributed by atoms with Gasteiger partial charge < -0.3 is 5.32 Å². The molecule has 1 amide bonds. The van der Waals surface area contributed by atoms with Crippen LogP contribution < -0.4 is 5.32 Å². The summed E-state index contributed by atoms with van der Waals surface area (Å²) in [6.45, 7) is 2.03. The lowest BCUT2D eigenvalue weighted by atomic mass is 10.2. The summed E-state index contributed by atoms with van der Waals surface area (Å²) in [6.07, 6.45) is 2.88. The minimum atomic E-state index is -0.357. The number of benzene rings is 1. The number of nitrogens with one attached hydrogen (secondary N) is 1. The van der Waals surface area contributed by atoms with Crippen molar-refractivity contribution in [2.45, 2.75) is 19.4 Å². The number of amides is 1. The number of carbonyl (C=O) groups is 1. The van der Waals surface area contributed by atoms with E-state index in [9.17, 15) is 9.18 Å². The van der Waals surface area contributed by atoms with E-state index in [2.05, 4.69) is 21.2 Å². The summed E-state index contributed by atoms with van der Waals surface area (Å²) in [4.78, 5) is 11.9. The zero-order valence-corrected chi connectivity index (χ0v) is 12.2. The molecule has 5 heteroatoms. The highest BCUT2D eigenvalue weighted by atomic mass is 79.9. The lowest BCUT2D eigenvalue weighted by molar-refractivity contribution is 0.0939. The van der Waals surface area contributed by atoms with Gasteiger partial charge in [0.2, 0.25) is 0 Å². The molecule has 1 unspecified atom stereocenters. The van der Waals surface area contributed by atoms with Crippen LogP contribution >= 0.6 is 27.7 Å². The van der Waals surface area contributed by atoms with Crippen LogP contribution in [0, 0.1) is 5.82 Å². The lowest BCUT2D eigenvalue weighted by Gasteiger charge is -2.16. The van der Waals surface area contributed by atoms with E-state index in [0.29, 0.717) is 10.0 Å². The molecule has 2 nitrogen and oxygen atoms in total. The molecular formula is C12H15BrFNOS. The molecule has 0 aliphatic carbocycles. The van der Waals surface area contributed by atoms with Gasteiger partial charge in [0, 0.05) is 16.3 Å². The first-order chi connectivity index (χ1) is 8.08. The monoisotopic (exact) mass is 319 g/mol. The first kappa shape index (κ1) is 14.5. The Bertz CT molecular complexity index is 400. The zero-order chi connectivity index (χ0) is 12.8. The van der Waals surface area contributed by atoms with Gasteiger partial charge in [-0.25, -0.2) is 4.39 Å². The molecule has 94 valence electrons. The minimum absolute atomic E-state index is 0.148. The van der Waals surface area contributed by atoms with Gasteiger partial charge in [-0.15, -0.1) is 0 Å². The van der Waals surface area contributed by atoms with Crippen LogP contribution in [0.15, 0.2) is 22.7 Å². The molecule has 0 fully saturated rings. The molecule has 1 N–H and O–H groups in total. The molecule has 1 aromatic carbocycles. The SMILES string of the molecule is CCC(CSC)NC(=O)c1ccc(F)cc1Br. The number of halogens is 2. The van der Waals surface area contributed by atoms with Gasteiger partial charge in [0.25, 0.3) is 5.91 Å². The normalized spacial score (nSPS) is 12.2. The Morgan fingerprint density at radius 1 is 1.59 bits per heavy atom. The van der Waals surface area contributed by atoms with Gasteiger partial charge in [-0.1, -0.05) is 6.92 Å². The van der Waals surface area contributed by atoms with E-state index in [4.69, 9.17) is 0 Å². The van der Waals surface area contributed by atoms with E-state index in [0.717, 1.165) is 12.2 Å². The molecule has 1 aromatic rings. The van der Waals surface area contributed by atoms with Gasteiger partial charge in [-0.3, -0.25) is 4.79 Å². The predicted molar refractivity (Wildman–Crippen MR) is 74.0 cm³/mol. The topological polar surface area (TPSA) is 29.1 Å². The Balaban J connectivity index is 2.75. The van der Waals surface area contributed by atoms with Crippen molar-refractivity contribution in [3.05, 3.63) is 34.1 Å². The fraction of sp³-hybridized carbons (Fsp3) is 0.417. The fourth-order valence-corrected chi connectivity index (χ4v) is 2.65. The summed E-state index contributed by atoms with van der Waals surface area (Å²) in [5.41, 5.74) is 0.464. The van der Waals surface area contributed by atoms with E-state index in [-0.39, 0.29) is 17.8 Å². The van der Waals surface area contributed by atoms with Gasteiger partial charge in [0.15, 0.2) is 0 Å². The molecule has 0 radical (unpaired) electrons. The molecule has 0 aliphatic heterocycles. The van der Waals surface area contributed by atoms with Gasteiger partial charge in [-0.2, -0.15) is 11.8 Å². The van der Waals surface area contributed by atoms with Crippen LogP contribution in [0.5, 0.6) is 0 Å². The van der Waals surface area contributed by atoms with Crippen molar-refractivity contribution in [3.8, 4) is 0 Å². The third-order valence-corrected chi connectivity index (χ3v) is 3.76. The van der Waals surface area contributed by atoms with Crippen molar-refractivity contribution in [3.63, 3.8) is 0 Å². The highest BCUT2D eigenvalue weighted by Gasteiger charge is 2.14. The fourth-order valence-electron chi connectivity index (χ4n) is 1.40. The van der Waals surface area contributed by atoms with E-state index >= 15 is 0 Å². The van der Waals surface area contributed by atoms with E-state index in [1.165, 1.54) is 18.2 Å². The van der Waals surface area contributed by atoms with Crippen LogP contribution in [0.1, 0.15) is 23.7 Å². The maximum atomic E-state index is 12.9. The zero-order valence-electron chi connectivity index (χ0n) is 9.80. The maximum Gasteiger partial charge on any atom is 0.252 e. The molecule has 1 rings (SSSR count). The predicted octanol–water partition coefficient (Wildman–Crippen LogP) is 3.46. The minimum Gasteiger partial charge on any atom is -0.348 e. The van der Waals surface area contributed by atoms with Gasteiger partial charge in [-0.05, 0) is 46.8 Å². The Morgan fingerprint density at radius 3 is 2.82 bits per heavy atom. The summed E-state index contributed by atoms with van der Waals surface area (Å²) in [7, 11) is 0. The second-order valence-electron chi connectivity index (χ2n) is 3.66. The van der Waals surface area contributed by atoms with Crippen LogP contribution in [0.3, 0.4) is 0 Å². The van der Waals surface area contributed by atoms with Gasteiger partial charge in [0.05, 0.1) is 5.56 Å². The van der Waals surface area contributed by atoms with Crippen molar-refractivity contribution in [2.75, 3.05) is 12.0 Å². The van der Waals surface area contributed by atoms with Crippen LogP contribution in [0.25, 0.3) is 0 Å². The third-order valence-electron chi connectivity index (χ3n) is 2.37. The van der Waals surface area contributed by atoms with Crippen molar-refractivity contribution in [2.24, 2.45) is 0 Å². The number of carbonyl (C=O) groups excluding carboxylic acids is 1. The summed E-state index contributed by atoms with van der Waals surface area (Å²) >= 11 is 4.88. The molecule has 0 aliphatic rings. The average molecular weight is 320 g/mol. The Hall–Kier alpha value is -0.550. The molecular weight excluding hydrogens is 305 g/mol. The highest BCUT2D eigenvalue weighted by Crippen LogP contribution is 2.18. The third kappa shape index (κ3) is 4.32. The second-order valence-corrected chi connectivity index (χ2v) is 5.42. The Morgan fingerprint density at radius 2 is 2.29 bits per heavy atom. The Kier molecular flexibility index (Phi) is 5.98. The van der Waals surface area contributed by atoms with Crippen molar-refractivity contribution in [1.82, 2.24) is 5.32 Å². The van der Waals surface area contributed by atoms with E-state index in [1.807, 2.05) is 13.2 Å². The summed E-state index contributed by atoms with van der Waals surface area (Å²) < 4.78 is 13.4. The second kappa shape index (κ2) is 7.01. The molecule has 0 heterocycles. The standard InChI is InChI=1S/C12H15BrFNOS/c1-3-9(7-17-2)15-12(16)10-5-4-8(14)6-11(10)13/h4-6,9H,3,7H2,1-2H3,(H,15,16). The van der Waals surface area contributed by atoms with E-state index < -0.39 is 0 Å². The lowest BCUT2D eigenvalue weighted by Crippen LogP contribution is -2.36. The summed E-state index contributed by atoms with van der Waals surface area (Å²) in [6, 6.07) is 4.22. The van der Waals surface area contributed by atoms with Crippen LogP contribution in [-0.2, 0) is 0 Å². The number of thioether (sulfide) groups is 1. The van der Waals surface area contributed by atoms with Crippen LogP contribution in [0.4, 0.5) is 4.39 Å². The van der Waals surface area contributed by atoms with Gasteiger partial charge in [0.1, 0.15) is 5.82 Å². The van der Waals surface area contributed by atoms with E-state index in [1.54, 1.807) is 11.8 Å². The molecule has 0 bridgehead atoms. The average Bonchev–Trinajstić information content (AvgIpc) is 2.28. The van der Waals surface area contributed by atoms with Crippen LogP contribution in [-0.4, -0.2) is 24.0 Å². The maximum absolute atomic E-state index is 12.9. The first-order valence-corrected chi connectivity index (χ1v) is 7.52. The number of rotatable bonds is 5. The molecule has 0 aromatic heterocycles. The molecule has 17 heavy (non-hydrogen) atoms. The summed E-state index contributed by atoms with van der Waals surface area (Å²) in [5, 5.41) is 2.93. The number of hydrogen-bond acceptors (Lipinski definition) is 2. The van der Waals surface area contributed by atoms with Crippen molar-refractivity contribution >= 4 is 33.6 Å². The number of hydrogen-bond donors (Lipinski definition) is 1. The molecule has 1 atom stereocenters. The molecule has 0 spiro atoms. The summed E-state index contributed by atoms with van der Waals surface area (Å²) in [5.74, 6) is 0.350. The van der Waals surface area contributed by atoms with Crippen LogP contribution in [0.2, 0.25) is 0 Å². The smallest absolute Gasteiger partial charge is 0.252 e. The highest BCUT2D eigenvalue weighted by molar-refractivity contribution is 9.10. The Labute approximate surface area is 113 Å². The van der Waals surface area contributed by atoms with Crippen molar-refractivity contribution < 1.29 is 9.18 Å². The molecule has 0 saturated carbocycles. The largest absolute Gasteiger partial charge is 0.348 e. The van der Waals surface area contributed by atoms with Gasteiger partial charge >= 0.3 is 0 Å². The quantitative estimate of drug-likeness (QED) is 0.900. The molecule has 0 saturated heterocycles.